The van der Waals surface area contributed by atoms with Gasteiger partial charge < -0.3 is 4.98 Å². The highest BCUT2D eigenvalue weighted by Crippen LogP contribution is 2.31. The smallest absolute Gasteiger partial charge is 0.0490 e. The van der Waals surface area contributed by atoms with E-state index < -0.39 is 0 Å². The molecule has 4 aromatic rings. The minimum absolute atomic E-state index is 0.534. The van der Waals surface area contributed by atoms with Gasteiger partial charge in [-0.3, -0.25) is 9.88 Å². The third kappa shape index (κ3) is 3.46. The molecule has 3 heteroatoms. The molecule has 1 atom stereocenters. The Morgan fingerprint density at radius 1 is 0.893 bits per heavy atom. The van der Waals surface area contributed by atoms with Crippen LogP contribution in [0.4, 0.5) is 0 Å². The Kier molecular flexibility index (Phi) is 4.67. The van der Waals surface area contributed by atoms with Crippen LogP contribution in [0.25, 0.3) is 10.9 Å². The molecule has 28 heavy (non-hydrogen) atoms. The largest absolute Gasteiger partial charge is 0.358 e. The fraction of sp³-hybridized carbons (Fsp3) is 0.240. The Morgan fingerprint density at radius 3 is 2.25 bits per heavy atom. The molecule has 0 radical (unpaired) electrons. The molecule has 0 saturated carbocycles. The molecular weight excluding hydrogens is 342 g/mol. The van der Waals surface area contributed by atoms with E-state index >= 15 is 0 Å². The number of aromatic amines is 1. The maximum absolute atomic E-state index is 4.36. The summed E-state index contributed by atoms with van der Waals surface area (Å²) >= 11 is 0. The second-order valence-corrected chi connectivity index (χ2v) is 7.78. The van der Waals surface area contributed by atoms with E-state index in [9.17, 15) is 0 Å². The number of fused-ring (bicyclic) bond motifs is 3. The average molecular weight is 367 g/mol. The molecule has 1 N–H and O–H groups in total. The van der Waals surface area contributed by atoms with Crippen LogP contribution in [0.5, 0.6) is 0 Å². The van der Waals surface area contributed by atoms with E-state index in [1.165, 1.54) is 39.7 Å². The number of nitrogens with one attached hydrogen (secondary N) is 1. The Labute approximate surface area is 166 Å². The zero-order valence-corrected chi connectivity index (χ0v) is 16.0. The number of pyridine rings is 1. The Bertz CT molecular complexity index is 1010. The van der Waals surface area contributed by atoms with Crippen molar-refractivity contribution in [3.63, 3.8) is 0 Å². The first-order valence-corrected chi connectivity index (χ1v) is 10.1. The van der Waals surface area contributed by atoms with Crippen molar-refractivity contribution >= 4 is 10.9 Å². The van der Waals surface area contributed by atoms with Crippen LogP contribution in [-0.2, 0) is 25.9 Å². The second kappa shape index (κ2) is 7.61. The first-order chi connectivity index (χ1) is 13.9. The maximum Gasteiger partial charge on any atom is 0.0490 e. The monoisotopic (exact) mass is 367 g/mol. The van der Waals surface area contributed by atoms with Gasteiger partial charge in [-0.1, -0.05) is 60.7 Å². The predicted molar refractivity (Wildman–Crippen MR) is 114 cm³/mol. The van der Waals surface area contributed by atoms with Gasteiger partial charge in [0.1, 0.15) is 0 Å². The van der Waals surface area contributed by atoms with E-state index in [0.29, 0.717) is 6.04 Å². The van der Waals surface area contributed by atoms with Crippen LogP contribution in [0, 0.1) is 0 Å². The fourth-order valence-corrected chi connectivity index (χ4v) is 4.50. The molecule has 2 aromatic heterocycles. The molecule has 1 aliphatic carbocycles. The Morgan fingerprint density at radius 2 is 1.57 bits per heavy atom. The fourth-order valence-electron chi connectivity index (χ4n) is 4.50. The van der Waals surface area contributed by atoms with E-state index in [0.717, 1.165) is 25.9 Å². The summed E-state index contributed by atoms with van der Waals surface area (Å²) in [6, 6.07) is 24.3. The number of H-pyrrole nitrogens is 1. The molecule has 0 bridgehead atoms. The van der Waals surface area contributed by atoms with Gasteiger partial charge in [-0.25, -0.2) is 0 Å². The number of nitrogens with zero attached hydrogens (tertiary/aromatic N) is 2. The van der Waals surface area contributed by atoms with Crippen molar-refractivity contribution in [2.24, 2.45) is 0 Å². The minimum atomic E-state index is 0.534. The topological polar surface area (TPSA) is 31.9 Å². The van der Waals surface area contributed by atoms with E-state index in [1.54, 1.807) is 0 Å². The van der Waals surface area contributed by atoms with Crippen molar-refractivity contribution in [1.29, 1.82) is 0 Å². The molecule has 0 fully saturated rings. The summed E-state index contributed by atoms with van der Waals surface area (Å²) in [6.07, 6.45) is 7.27. The van der Waals surface area contributed by atoms with Crippen molar-refractivity contribution in [3.05, 3.63) is 102 Å². The lowest BCUT2D eigenvalue weighted by atomic mass is 9.90. The van der Waals surface area contributed by atoms with E-state index in [2.05, 4.69) is 81.6 Å². The molecule has 140 valence electrons. The highest BCUT2D eigenvalue weighted by molar-refractivity contribution is 5.84. The van der Waals surface area contributed by atoms with Crippen molar-refractivity contribution < 1.29 is 0 Å². The van der Waals surface area contributed by atoms with Gasteiger partial charge in [-0.05, 0) is 42.0 Å². The van der Waals surface area contributed by atoms with Crippen LogP contribution in [0.2, 0.25) is 0 Å². The molecule has 0 amide bonds. The molecule has 2 aromatic carbocycles. The van der Waals surface area contributed by atoms with Crippen molar-refractivity contribution in [1.82, 2.24) is 14.9 Å². The first-order valence-electron chi connectivity index (χ1n) is 10.1. The molecule has 3 nitrogen and oxygen atoms in total. The lowest BCUT2D eigenvalue weighted by Gasteiger charge is -2.34. The second-order valence-electron chi connectivity index (χ2n) is 7.78. The van der Waals surface area contributed by atoms with Crippen LogP contribution < -0.4 is 0 Å². The summed E-state index contributed by atoms with van der Waals surface area (Å²) in [4.78, 5) is 10.6. The van der Waals surface area contributed by atoms with Crippen LogP contribution in [-0.4, -0.2) is 20.9 Å². The van der Waals surface area contributed by atoms with E-state index in [-0.39, 0.29) is 0 Å². The SMILES string of the molecule is c1ccc(CN(Cc2ccccc2)C2CCc3[nH]c4ccncc4c3C2)cc1. The van der Waals surface area contributed by atoms with Gasteiger partial charge in [-0.15, -0.1) is 0 Å². The van der Waals surface area contributed by atoms with Crippen LogP contribution in [0.1, 0.15) is 28.8 Å². The Hall–Kier alpha value is -2.91. The lowest BCUT2D eigenvalue weighted by Crippen LogP contribution is -2.38. The number of benzene rings is 2. The van der Waals surface area contributed by atoms with Gasteiger partial charge in [0.25, 0.3) is 0 Å². The minimum Gasteiger partial charge on any atom is -0.358 e. The molecular formula is C25H25N3. The molecule has 5 rings (SSSR count). The summed E-state index contributed by atoms with van der Waals surface area (Å²) in [5, 5.41) is 1.29. The average Bonchev–Trinajstić information content (AvgIpc) is 3.13. The first kappa shape index (κ1) is 17.2. The number of aromatic nitrogens is 2. The number of rotatable bonds is 5. The van der Waals surface area contributed by atoms with Gasteiger partial charge in [0, 0.05) is 48.1 Å². The highest BCUT2D eigenvalue weighted by Gasteiger charge is 2.27. The van der Waals surface area contributed by atoms with Crippen molar-refractivity contribution in [3.8, 4) is 0 Å². The standard InChI is InChI=1S/C25H25N3/c1-3-7-19(8-4-1)17-28(18-20-9-5-2-6-10-20)21-11-12-24-22(15-21)23-16-26-14-13-25(23)27-24/h1-10,13-14,16,21,27H,11-12,15,17-18H2. The zero-order valence-electron chi connectivity index (χ0n) is 16.0. The van der Waals surface area contributed by atoms with Crippen molar-refractivity contribution in [2.75, 3.05) is 0 Å². The molecule has 2 heterocycles. The van der Waals surface area contributed by atoms with Gasteiger partial charge >= 0.3 is 0 Å². The molecule has 0 spiro atoms. The summed E-state index contributed by atoms with van der Waals surface area (Å²) in [5.41, 5.74) is 6.84. The highest BCUT2D eigenvalue weighted by atomic mass is 15.2. The van der Waals surface area contributed by atoms with Gasteiger partial charge in [0.2, 0.25) is 0 Å². The predicted octanol–water partition coefficient (Wildman–Crippen LogP) is 5.12. The lowest BCUT2D eigenvalue weighted by molar-refractivity contribution is 0.162. The van der Waals surface area contributed by atoms with E-state index in [4.69, 9.17) is 0 Å². The van der Waals surface area contributed by atoms with Crippen LogP contribution in [0.3, 0.4) is 0 Å². The van der Waals surface area contributed by atoms with E-state index in [1.807, 2.05) is 12.4 Å². The van der Waals surface area contributed by atoms with Crippen molar-refractivity contribution in [2.45, 2.75) is 38.4 Å². The van der Waals surface area contributed by atoms with Crippen LogP contribution in [0.15, 0.2) is 79.1 Å². The quantitative estimate of drug-likeness (QED) is 0.531. The summed E-state index contributed by atoms with van der Waals surface area (Å²) in [7, 11) is 0. The zero-order chi connectivity index (χ0) is 18.8. The van der Waals surface area contributed by atoms with Gasteiger partial charge in [0.15, 0.2) is 0 Å². The molecule has 1 aliphatic rings. The summed E-state index contributed by atoms with van der Waals surface area (Å²) in [6.45, 7) is 1.96. The van der Waals surface area contributed by atoms with Crippen LogP contribution >= 0.6 is 0 Å². The molecule has 1 unspecified atom stereocenters. The van der Waals surface area contributed by atoms with Gasteiger partial charge in [0.05, 0.1) is 0 Å². The summed E-state index contributed by atoms with van der Waals surface area (Å²) < 4.78 is 0. The number of hydrogen-bond donors (Lipinski definition) is 1. The number of aryl methyl sites for hydroxylation is 1. The Balaban J connectivity index is 1.45. The third-order valence-electron chi connectivity index (χ3n) is 5.94. The molecule has 0 saturated heterocycles. The maximum atomic E-state index is 4.36. The normalized spacial score (nSPS) is 16.4. The summed E-state index contributed by atoms with van der Waals surface area (Å²) in [5.74, 6) is 0. The molecule has 0 aliphatic heterocycles. The third-order valence-corrected chi connectivity index (χ3v) is 5.94. The van der Waals surface area contributed by atoms with Gasteiger partial charge in [-0.2, -0.15) is 0 Å². The number of hydrogen-bond acceptors (Lipinski definition) is 2.